The number of hydrogen-bond acceptors (Lipinski definition) is 5. The molecule has 1 aliphatic heterocycles. The number of carbonyl (C=O) groups excluding carboxylic acids is 1. The number of benzene rings is 1. The summed E-state index contributed by atoms with van der Waals surface area (Å²) >= 11 is 7.41. The van der Waals surface area contributed by atoms with Crippen LogP contribution in [0.15, 0.2) is 46.6 Å². The maximum atomic E-state index is 12.8. The number of aromatic nitrogens is 2. The molecular formula is C19H18ClN3O2S. The Labute approximate surface area is 160 Å². The molecule has 1 saturated heterocycles. The summed E-state index contributed by atoms with van der Waals surface area (Å²) in [4.78, 5) is 23.8. The van der Waals surface area contributed by atoms with E-state index in [2.05, 4.69) is 9.97 Å². The van der Waals surface area contributed by atoms with Gasteiger partial charge >= 0.3 is 0 Å². The summed E-state index contributed by atoms with van der Waals surface area (Å²) in [6, 6.07) is 7.58. The third-order valence-corrected chi connectivity index (χ3v) is 5.53. The highest BCUT2D eigenvalue weighted by molar-refractivity contribution is 7.11. The van der Waals surface area contributed by atoms with Gasteiger partial charge in [-0.05, 0) is 37.0 Å². The Morgan fingerprint density at radius 2 is 2.27 bits per heavy atom. The number of halogens is 1. The first-order valence-electron chi connectivity index (χ1n) is 8.59. The molecule has 0 saturated carbocycles. The third kappa shape index (κ3) is 3.66. The lowest BCUT2D eigenvalue weighted by Gasteiger charge is -2.33. The molecule has 26 heavy (non-hydrogen) atoms. The van der Waals surface area contributed by atoms with Gasteiger partial charge in [-0.3, -0.25) is 9.78 Å². The van der Waals surface area contributed by atoms with E-state index in [1.54, 1.807) is 17.9 Å². The zero-order valence-electron chi connectivity index (χ0n) is 14.1. The monoisotopic (exact) mass is 387 g/mol. The van der Waals surface area contributed by atoms with Crippen LogP contribution in [0.4, 0.5) is 0 Å². The van der Waals surface area contributed by atoms with Crippen molar-refractivity contribution in [3.8, 4) is 0 Å². The minimum atomic E-state index is -0.119. The van der Waals surface area contributed by atoms with Gasteiger partial charge in [0.25, 0.3) is 5.91 Å². The fourth-order valence-corrected chi connectivity index (χ4v) is 4.09. The second-order valence-corrected chi connectivity index (χ2v) is 7.67. The van der Waals surface area contributed by atoms with Crippen LogP contribution in [-0.4, -0.2) is 27.3 Å². The first-order valence-corrected chi connectivity index (χ1v) is 9.85. The van der Waals surface area contributed by atoms with Crippen molar-refractivity contribution in [2.24, 2.45) is 0 Å². The summed E-state index contributed by atoms with van der Waals surface area (Å²) in [5.74, 6) is 1.39. The maximum Gasteiger partial charge on any atom is 0.266 e. The van der Waals surface area contributed by atoms with E-state index in [1.807, 2.05) is 29.2 Å². The third-order valence-electron chi connectivity index (χ3n) is 4.53. The van der Waals surface area contributed by atoms with Crippen LogP contribution in [0.2, 0.25) is 5.02 Å². The molecule has 134 valence electrons. The lowest BCUT2D eigenvalue weighted by Crippen LogP contribution is -2.38. The molecule has 3 heterocycles. The number of hydrogen-bond donors (Lipinski definition) is 0. The number of rotatable bonds is 4. The Kier molecular flexibility index (Phi) is 5.04. The van der Waals surface area contributed by atoms with Crippen molar-refractivity contribution in [3.05, 3.63) is 69.3 Å². The molecular weight excluding hydrogens is 370 g/mol. The highest BCUT2D eigenvalue weighted by Crippen LogP contribution is 2.32. The van der Waals surface area contributed by atoms with Gasteiger partial charge in [-0.1, -0.05) is 23.7 Å². The van der Waals surface area contributed by atoms with E-state index in [4.69, 9.17) is 16.0 Å². The lowest BCUT2D eigenvalue weighted by atomic mass is 10.0. The Morgan fingerprint density at radius 1 is 1.35 bits per heavy atom. The first kappa shape index (κ1) is 17.2. The van der Waals surface area contributed by atoms with Gasteiger partial charge in [-0.15, -0.1) is 11.3 Å². The Bertz CT molecular complexity index is 894. The molecule has 0 radical (unpaired) electrons. The van der Waals surface area contributed by atoms with Crippen molar-refractivity contribution in [2.75, 3.05) is 6.54 Å². The van der Waals surface area contributed by atoms with Crippen LogP contribution in [-0.2, 0) is 6.42 Å². The average Bonchev–Trinajstić information content (AvgIpc) is 3.33. The van der Waals surface area contributed by atoms with Gasteiger partial charge in [0.15, 0.2) is 0 Å². The molecule has 1 amide bonds. The topological polar surface area (TPSA) is 59.2 Å². The zero-order chi connectivity index (χ0) is 17.9. The quantitative estimate of drug-likeness (QED) is 0.648. The average molecular weight is 388 g/mol. The summed E-state index contributed by atoms with van der Waals surface area (Å²) in [5.41, 5.74) is 2.75. The predicted octanol–water partition coefficient (Wildman–Crippen LogP) is 4.74. The number of nitrogens with zero attached hydrogens (tertiary/aromatic N) is 3. The van der Waals surface area contributed by atoms with E-state index in [1.165, 1.54) is 11.3 Å². The molecule has 1 fully saturated rings. The molecule has 0 N–H and O–H groups in total. The smallest absolute Gasteiger partial charge is 0.266 e. The predicted molar refractivity (Wildman–Crippen MR) is 101 cm³/mol. The second kappa shape index (κ2) is 7.60. The summed E-state index contributed by atoms with van der Waals surface area (Å²) < 4.78 is 6.00. The van der Waals surface area contributed by atoms with Crippen LogP contribution < -0.4 is 0 Å². The van der Waals surface area contributed by atoms with Crippen molar-refractivity contribution in [2.45, 2.75) is 31.7 Å². The number of likely N-dealkylation sites (tertiary alicyclic amines) is 1. The molecule has 4 rings (SSSR count). The van der Waals surface area contributed by atoms with Gasteiger partial charge in [-0.25, -0.2) is 4.98 Å². The van der Waals surface area contributed by atoms with Gasteiger partial charge in [0.2, 0.25) is 5.89 Å². The molecule has 1 atom stereocenters. The number of carbonyl (C=O) groups is 1. The largest absolute Gasteiger partial charge is 0.443 e. The minimum Gasteiger partial charge on any atom is -0.443 e. The van der Waals surface area contributed by atoms with E-state index in [9.17, 15) is 4.79 Å². The van der Waals surface area contributed by atoms with Gasteiger partial charge in [0.1, 0.15) is 16.7 Å². The number of thiazole rings is 1. The van der Waals surface area contributed by atoms with Gasteiger partial charge in [0.05, 0.1) is 17.9 Å². The summed E-state index contributed by atoms with van der Waals surface area (Å²) in [5, 5.41) is 0.704. The molecule has 5 nitrogen and oxygen atoms in total. The fourth-order valence-electron chi connectivity index (χ4n) is 3.30. The van der Waals surface area contributed by atoms with Crippen LogP contribution in [0, 0.1) is 0 Å². The van der Waals surface area contributed by atoms with Crippen molar-refractivity contribution in [1.82, 2.24) is 14.9 Å². The van der Waals surface area contributed by atoms with Crippen molar-refractivity contribution >= 4 is 28.8 Å². The normalized spacial score (nSPS) is 17.4. The van der Waals surface area contributed by atoms with Gasteiger partial charge < -0.3 is 9.32 Å². The van der Waals surface area contributed by atoms with Crippen LogP contribution >= 0.6 is 22.9 Å². The number of amides is 1. The Balaban J connectivity index is 1.54. The van der Waals surface area contributed by atoms with Gasteiger partial charge in [0, 0.05) is 18.0 Å². The number of piperidine rings is 1. The Morgan fingerprint density at radius 3 is 3.08 bits per heavy atom. The van der Waals surface area contributed by atoms with E-state index in [0.29, 0.717) is 28.8 Å². The van der Waals surface area contributed by atoms with E-state index < -0.39 is 0 Å². The fraction of sp³-hybridized carbons (Fsp3) is 0.316. The highest BCUT2D eigenvalue weighted by atomic mass is 35.5. The zero-order valence-corrected chi connectivity index (χ0v) is 15.7. The van der Waals surface area contributed by atoms with Crippen molar-refractivity contribution < 1.29 is 9.21 Å². The maximum absolute atomic E-state index is 12.8. The molecule has 1 aromatic carbocycles. The molecule has 2 aromatic heterocycles. The lowest BCUT2D eigenvalue weighted by molar-refractivity contribution is 0.0575. The van der Waals surface area contributed by atoms with E-state index >= 15 is 0 Å². The molecule has 0 spiro atoms. The molecule has 0 bridgehead atoms. The molecule has 1 unspecified atom stereocenters. The molecule has 7 heteroatoms. The standard InChI is InChI=1S/C19H18ClN3O2S/c20-14-5-3-4-13(8-14)9-15-10-22-18(25-15)16-6-1-2-7-23(16)19(24)17-11-21-12-26-17/h3-5,8,10-12,16H,1-2,6-7,9H2. The minimum absolute atomic E-state index is 0.00629. The molecule has 3 aromatic rings. The van der Waals surface area contributed by atoms with Gasteiger partial charge in [-0.2, -0.15) is 0 Å². The molecule has 0 aliphatic carbocycles. The van der Waals surface area contributed by atoms with E-state index in [0.717, 1.165) is 30.6 Å². The van der Waals surface area contributed by atoms with Crippen molar-refractivity contribution in [3.63, 3.8) is 0 Å². The van der Waals surface area contributed by atoms with Crippen molar-refractivity contribution in [1.29, 1.82) is 0 Å². The molecule has 1 aliphatic rings. The van der Waals surface area contributed by atoms with Crippen LogP contribution in [0.1, 0.15) is 52.2 Å². The SMILES string of the molecule is O=C(c1cncs1)N1CCCCC1c1ncc(Cc2cccc(Cl)c2)o1. The number of oxazole rings is 1. The summed E-state index contributed by atoms with van der Waals surface area (Å²) in [6.45, 7) is 0.716. The first-order chi connectivity index (χ1) is 12.7. The Hall–Kier alpha value is -2.18. The summed E-state index contributed by atoms with van der Waals surface area (Å²) in [7, 11) is 0. The summed E-state index contributed by atoms with van der Waals surface area (Å²) in [6.07, 6.45) is 6.92. The van der Waals surface area contributed by atoms with E-state index in [-0.39, 0.29) is 11.9 Å². The van der Waals surface area contributed by atoms with Crippen LogP contribution in [0.5, 0.6) is 0 Å². The highest BCUT2D eigenvalue weighted by Gasteiger charge is 2.32. The van der Waals surface area contributed by atoms with Crippen LogP contribution in [0.3, 0.4) is 0 Å². The second-order valence-electron chi connectivity index (χ2n) is 6.35. The van der Waals surface area contributed by atoms with Crippen LogP contribution in [0.25, 0.3) is 0 Å².